The maximum absolute atomic E-state index is 12.5. The van der Waals surface area contributed by atoms with Gasteiger partial charge in [-0.2, -0.15) is 13.2 Å². The van der Waals surface area contributed by atoms with Crippen molar-refractivity contribution in [2.24, 2.45) is 4.99 Å². The highest BCUT2D eigenvalue weighted by molar-refractivity contribution is 5.94. The van der Waals surface area contributed by atoms with Gasteiger partial charge < -0.3 is 20.1 Å². The second kappa shape index (κ2) is 8.28. The maximum Gasteiger partial charge on any atom is 0.401 e. The lowest BCUT2D eigenvalue weighted by Crippen LogP contribution is -2.42. The van der Waals surface area contributed by atoms with E-state index in [0.717, 1.165) is 5.69 Å². The molecule has 1 aromatic carbocycles. The Hall–Kier alpha value is -2.16. The molecule has 1 saturated heterocycles. The van der Waals surface area contributed by atoms with Gasteiger partial charge in [0.1, 0.15) is 0 Å². The smallest absolute Gasteiger partial charge is 0.401 e. The number of anilines is 1. The van der Waals surface area contributed by atoms with Crippen molar-refractivity contribution < 1.29 is 22.6 Å². The number of benzene rings is 1. The van der Waals surface area contributed by atoms with E-state index in [1.807, 2.05) is 0 Å². The van der Waals surface area contributed by atoms with Crippen LogP contribution in [0.1, 0.15) is 6.42 Å². The van der Waals surface area contributed by atoms with Gasteiger partial charge in [0, 0.05) is 37.9 Å². The summed E-state index contributed by atoms with van der Waals surface area (Å²) in [6, 6.07) is 5.23. The van der Waals surface area contributed by atoms with Crippen molar-refractivity contribution in [2.45, 2.75) is 18.6 Å². The van der Waals surface area contributed by atoms with Crippen LogP contribution in [0.15, 0.2) is 23.2 Å². The Kier molecular flexibility index (Phi) is 6.35. The van der Waals surface area contributed by atoms with Crippen LogP contribution < -0.4 is 20.1 Å². The molecular weight excluding hydrogens is 337 g/mol. The zero-order chi connectivity index (χ0) is 18.4. The van der Waals surface area contributed by atoms with Crippen molar-refractivity contribution >= 4 is 11.6 Å². The van der Waals surface area contributed by atoms with Gasteiger partial charge in [-0.1, -0.05) is 0 Å². The van der Waals surface area contributed by atoms with Crippen LogP contribution >= 0.6 is 0 Å². The number of rotatable bonds is 5. The third-order valence-corrected chi connectivity index (χ3v) is 3.89. The van der Waals surface area contributed by atoms with Gasteiger partial charge >= 0.3 is 6.18 Å². The van der Waals surface area contributed by atoms with Crippen LogP contribution in [0.4, 0.5) is 18.9 Å². The molecule has 1 atom stereocenters. The van der Waals surface area contributed by atoms with Gasteiger partial charge in [-0.25, -0.2) is 0 Å². The van der Waals surface area contributed by atoms with Gasteiger partial charge in [0.05, 0.1) is 20.8 Å². The Labute approximate surface area is 145 Å². The minimum absolute atomic E-state index is 0.0892. The highest BCUT2D eigenvalue weighted by Gasteiger charge is 2.34. The molecule has 1 aliphatic heterocycles. The molecule has 0 bridgehead atoms. The highest BCUT2D eigenvalue weighted by atomic mass is 19.4. The summed E-state index contributed by atoms with van der Waals surface area (Å²) >= 11 is 0. The number of hydrogen-bond acceptors (Lipinski definition) is 4. The molecule has 0 saturated carbocycles. The number of ether oxygens (including phenoxy) is 2. The lowest BCUT2D eigenvalue weighted by molar-refractivity contribution is -0.143. The Morgan fingerprint density at radius 2 is 2.00 bits per heavy atom. The number of hydrogen-bond donors (Lipinski definition) is 2. The van der Waals surface area contributed by atoms with Crippen molar-refractivity contribution in [3.8, 4) is 11.5 Å². The Morgan fingerprint density at radius 3 is 2.60 bits per heavy atom. The largest absolute Gasteiger partial charge is 0.493 e. The quantitative estimate of drug-likeness (QED) is 0.624. The number of guanidine groups is 1. The predicted octanol–water partition coefficient (Wildman–Crippen LogP) is 2.33. The first-order valence-electron chi connectivity index (χ1n) is 7.86. The fraction of sp³-hybridized carbons (Fsp3) is 0.562. The lowest BCUT2D eigenvalue weighted by Gasteiger charge is -2.20. The van der Waals surface area contributed by atoms with E-state index in [0.29, 0.717) is 37.0 Å². The van der Waals surface area contributed by atoms with Crippen molar-refractivity contribution in [2.75, 3.05) is 46.2 Å². The summed E-state index contributed by atoms with van der Waals surface area (Å²) in [4.78, 5) is 5.52. The van der Waals surface area contributed by atoms with E-state index in [9.17, 15) is 13.2 Å². The molecule has 1 aromatic rings. The van der Waals surface area contributed by atoms with Crippen molar-refractivity contribution in [1.82, 2.24) is 10.2 Å². The van der Waals surface area contributed by atoms with E-state index in [-0.39, 0.29) is 6.04 Å². The molecule has 25 heavy (non-hydrogen) atoms. The molecule has 0 radical (unpaired) electrons. The molecule has 1 fully saturated rings. The van der Waals surface area contributed by atoms with E-state index in [2.05, 4.69) is 15.6 Å². The van der Waals surface area contributed by atoms with E-state index < -0.39 is 12.7 Å². The molecule has 1 aliphatic rings. The van der Waals surface area contributed by atoms with Crippen LogP contribution in [-0.4, -0.2) is 64.0 Å². The van der Waals surface area contributed by atoms with E-state index in [4.69, 9.17) is 9.47 Å². The fourth-order valence-electron chi connectivity index (χ4n) is 2.75. The average Bonchev–Trinajstić information content (AvgIpc) is 2.98. The summed E-state index contributed by atoms with van der Waals surface area (Å²) in [5.74, 6) is 1.67. The number of halogens is 3. The highest BCUT2D eigenvalue weighted by Crippen LogP contribution is 2.29. The minimum atomic E-state index is -4.17. The van der Waals surface area contributed by atoms with Crippen LogP contribution in [0.2, 0.25) is 0 Å². The van der Waals surface area contributed by atoms with Gasteiger partial charge in [0.2, 0.25) is 0 Å². The second-order valence-corrected chi connectivity index (χ2v) is 5.75. The Morgan fingerprint density at radius 1 is 1.28 bits per heavy atom. The summed E-state index contributed by atoms with van der Waals surface area (Å²) in [6.07, 6.45) is -3.54. The number of alkyl halides is 3. The normalized spacial score (nSPS) is 19.0. The van der Waals surface area contributed by atoms with E-state index >= 15 is 0 Å². The van der Waals surface area contributed by atoms with Gasteiger partial charge in [-0.05, 0) is 18.6 Å². The summed E-state index contributed by atoms with van der Waals surface area (Å²) in [6.45, 7) is -0.149. The number of nitrogens with zero attached hydrogens (tertiary/aromatic N) is 2. The number of aliphatic imine (C=N–C) groups is 1. The molecule has 6 nitrogen and oxygen atoms in total. The van der Waals surface area contributed by atoms with Gasteiger partial charge in [-0.3, -0.25) is 9.89 Å². The van der Waals surface area contributed by atoms with Crippen molar-refractivity contribution in [3.63, 3.8) is 0 Å². The molecule has 0 amide bonds. The molecule has 140 valence electrons. The third kappa shape index (κ3) is 5.70. The lowest BCUT2D eigenvalue weighted by atomic mass is 10.2. The first kappa shape index (κ1) is 19.2. The van der Waals surface area contributed by atoms with Crippen LogP contribution in [0.25, 0.3) is 0 Å². The molecule has 2 rings (SSSR count). The van der Waals surface area contributed by atoms with Crippen LogP contribution in [0, 0.1) is 0 Å². The minimum Gasteiger partial charge on any atom is -0.493 e. The summed E-state index contributed by atoms with van der Waals surface area (Å²) in [5.41, 5.74) is 0.732. The molecule has 0 spiro atoms. The van der Waals surface area contributed by atoms with Crippen LogP contribution in [-0.2, 0) is 0 Å². The zero-order valence-corrected chi connectivity index (χ0v) is 14.5. The summed E-state index contributed by atoms with van der Waals surface area (Å²) < 4.78 is 47.8. The van der Waals surface area contributed by atoms with Gasteiger partial charge in [0.25, 0.3) is 0 Å². The molecule has 2 N–H and O–H groups in total. The van der Waals surface area contributed by atoms with E-state index in [1.54, 1.807) is 39.5 Å². The molecule has 1 heterocycles. The third-order valence-electron chi connectivity index (χ3n) is 3.89. The number of methoxy groups -OCH3 is 2. The monoisotopic (exact) mass is 360 g/mol. The van der Waals surface area contributed by atoms with Crippen molar-refractivity contribution in [1.29, 1.82) is 0 Å². The average molecular weight is 360 g/mol. The first-order valence-corrected chi connectivity index (χ1v) is 7.86. The predicted molar refractivity (Wildman–Crippen MR) is 90.6 cm³/mol. The SMILES string of the molecule is CN=C(Nc1ccc(OC)c(OC)c1)NC1CCN(CC(F)(F)F)C1. The van der Waals surface area contributed by atoms with Crippen molar-refractivity contribution in [3.05, 3.63) is 18.2 Å². The van der Waals surface area contributed by atoms with Crippen LogP contribution in [0.3, 0.4) is 0 Å². The standard InChI is InChI=1S/C16H23F3N4O2/c1-20-15(21-11-4-5-13(24-2)14(8-11)25-3)22-12-6-7-23(9-12)10-16(17,18)19/h4-5,8,12H,6-7,9-10H2,1-3H3,(H2,20,21,22). The zero-order valence-electron chi connectivity index (χ0n) is 14.5. The molecule has 0 aromatic heterocycles. The fourth-order valence-corrected chi connectivity index (χ4v) is 2.75. The number of nitrogens with one attached hydrogen (secondary N) is 2. The molecule has 1 unspecified atom stereocenters. The molecule has 9 heteroatoms. The second-order valence-electron chi connectivity index (χ2n) is 5.75. The van der Waals surface area contributed by atoms with E-state index in [1.165, 1.54) is 4.90 Å². The Balaban J connectivity index is 1.93. The molecule has 0 aliphatic carbocycles. The van der Waals surface area contributed by atoms with Gasteiger partial charge in [-0.15, -0.1) is 0 Å². The molecular formula is C16H23F3N4O2. The van der Waals surface area contributed by atoms with Crippen LogP contribution in [0.5, 0.6) is 11.5 Å². The number of likely N-dealkylation sites (tertiary alicyclic amines) is 1. The first-order chi connectivity index (χ1) is 11.8. The summed E-state index contributed by atoms with van der Waals surface area (Å²) in [5, 5.41) is 6.26. The maximum atomic E-state index is 12.5. The summed E-state index contributed by atoms with van der Waals surface area (Å²) in [7, 11) is 4.71. The Bertz CT molecular complexity index is 608. The topological polar surface area (TPSA) is 58.1 Å². The van der Waals surface area contributed by atoms with Gasteiger partial charge in [0.15, 0.2) is 17.5 Å².